The summed E-state index contributed by atoms with van der Waals surface area (Å²) in [4.78, 5) is 18.2. The van der Waals surface area contributed by atoms with Crippen LogP contribution in [0.25, 0.3) is 0 Å². The number of phenols is 1. The van der Waals surface area contributed by atoms with Gasteiger partial charge in [0.2, 0.25) is 0 Å². The second-order valence-electron chi connectivity index (χ2n) is 4.89. The minimum atomic E-state index is -0.253. The fraction of sp³-hybridized carbons (Fsp3) is 0.200. The number of rotatable bonds is 1. The molecule has 4 nitrogen and oxygen atoms in total. The minimum Gasteiger partial charge on any atom is -0.508 e. The molecule has 1 aromatic carbocycles. The van der Waals surface area contributed by atoms with Crippen LogP contribution in [0.15, 0.2) is 30.3 Å². The molecule has 6 heteroatoms. The van der Waals surface area contributed by atoms with Crippen LogP contribution in [0, 0.1) is 0 Å². The highest BCUT2D eigenvalue weighted by molar-refractivity contribution is 6.34. The zero-order chi connectivity index (χ0) is 15.0. The fourth-order valence-corrected chi connectivity index (χ4v) is 2.77. The number of nitrogens with zero attached hydrogens (tertiary/aromatic N) is 2. The van der Waals surface area contributed by atoms with E-state index in [1.165, 1.54) is 0 Å². The maximum Gasteiger partial charge on any atom is 0.274 e. The number of hydrogen-bond acceptors (Lipinski definition) is 3. The topological polar surface area (TPSA) is 53.4 Å². The summed E-state index contributed by atoms with van der Waals surface area (Å²) >= 11 is 11.9. The van der Waals surface area contributed by atoms with Crippen LogP contribution in [-0.4, -0.2) is 27.4 Å². The van der Waals surface area contributed by atoms with Gasteiger partial charge < -0.3 is 10.0 Å². The smallest absolute Gasteiger partial charge is 0.274 e. The van der Waals surface area contributed by atoms with E-state index in [2.05, 4.69) is 4.98 Å². The molecule has 1 amide bonds. The second-order valence-corrected chi connectivity index (χ2v) is 5.69. The number of hydrogen-bond donors (Lipinski definition) is 1. The molecule has 0 unspecified atom stereocenters. The van der Waals surface area contributed by atoms with Gasteiger partial charge in [0.25, 0.3) is 5.91 Å². The Balaban J connectivity index is 1.88. The lowest BCUT2D eigenvalue weighted by atomic mass is 9.99. The molecular weight excluding hydrogens is 311 g/mol. The summed E-state index contributed by atoms with van der Waals surface area (Å²) in [6, 6.07) is 8.34. The lowest BCUT2D eigenvalue weighted by Crippen LogP contribution is -2.36. The van der Waals surface area contributed by atoms with Gasteiger partial charge in [-0.25, -0.2) is 4.98 Å². The van der Waals surface area contributed by atoms with Crippen molar-refractivity contribution in [2.24, 2.45) is 0 Å². The van der Waals surface area contributed by atoms with Crippen molar-refractivity contribution >= 4 is 29.1 Å². The summed E-state index contributed by atoms with van der Waals surface area (Å²) < 4.78 is 0. The molecule has 1 aliphatic heterocycles. The third kappa shape index (κ3) is 2.82. The summed E-state index contributed by atoms with van der Waals surface area (Å²) in [5.74, 6) is -0.0570. The summed E-state index contributed by atoms with van der Waals surface area (Å²) in [6.07, 6.45) is 0.736. The second kappa shape index (κ2) is 5.54. The van der Waals surface area contributed by atoms with E-state index in [1.807, 2.05) is 6.07 Å². The van der Waals surface area contributed by atoms with Gasteiger partial charge in [-0.2, -0.15) is 0 Å². The molecule has 108 valence electrons. The molecule has 0 aliphatic carbocycles. The van der Waals surface area contributed by atoms with Gasteiger partial charge in [-0.1, -0.05) is 29.3 Å². The van der Waals surface area contributed by atoms with Gasteiger partial charge in [-0.15, -0.1) is 0 Å². The van der Waals surface area contributed by atoms with Crippen molar-refractivity contribution in [2.45, 2.75) is 13.0 Å². The lowest BCUT2D eigenvalue weighted by molar-refractivity contribution is 0.0728. The number of aromatic nitrogens is 1. The van der Waals surface area contributed by atoms with E-state index >= 15 is 0 Å². The molecule has 3 rings (SSSR count). The fourth-order valence-electron chi connectivity index (χ4n) is 2.43. The predicted octanol–water partition coefficient (Wildman–Crippen LogP) is 3.29. The Morgan fingerprint density at radius 3 is 2.81 bits per heavy atom. The van der Waals surface area contributed by atoms with Crippen LogP contribution in [0.2, 0.25) is 10.2 Å². The maximum absolute atomic E-state index is 12.5. The van der Waals surface area contributed by atoms with E-state index in [1.54, 1.807) is 29.2 Å². The van der Waals surface area contributed by atoms with Gasteiger partial charge in [0, 0.05) is 13.1 Å². The van der Waals surface area contributed by atoms with Crippen LogP contribution in [0.4, 0.5) is 0 Å². The zero-order valence-electron chi connectivity index (χ0n) is 11.0. The Bertz CT molecular complexity index is 719. The molecule has 0 bridgehead atoms. The Hall–Kier alpha value is -1.78. The number of benzene rings is 1. The van der Waals surface area contributed by atoms with Crippen LogP contribution in [0.5, 0.6) is 5.75 Å². The molecule has 0 atom stereocenters. The average Bonchev–Trinajstić information content (AvgIpc) is 2.48. The third-order valence-corrected chi connectivity index (χ3v) is 4.02. The maximum atomic E-state index is 12.5. The molecule has 0 spiro atoms. The van der Waals surface area contributed by atoms with Gasteiger partial charge in [0.05, 0.1) is 5.02 Å². The lowest BCUT2D eigenvalue weighted by Gasteiger charge is -2.29. The molecule has 0 radical (unpaired) electrons. The van der Waals surface area contributed by atoms with Crippen molar-refractivity contribution in [1.29, 1.82) is 0 Å². The molecule has 0 saturated heterocycles. The third-order valence-electron chi connectivity index (χ3n) is 3.50. The van der Waals surface area contributed by atoms with Crippen molar-refractivity contribution in [1.82, 2.24) is 9.88 Å². The Labute approximate surface area is 131 Å². The van der Waals surface area contributed by atoms with Crippen molar-refractivity contribution < 1.29 is 9.90 Å². The van der Waals surface area contributed by atoms with Crippen LogP contribution in [0.3, 0.4) is 0 Å². The zero-order valence-corrected chi connectivity index (χ0v) is 12.5. The summed E-state index contributed by atoms with van der Waals surface area (Å²) in [5.41, 5.74) is 2.24. The number of phenolic OH excluding ortho intramolecular Hbond substituents is 1. The molecule has 2 heterocycles. The van der Waals surface area contributed by atoms with Gasteiger partial charge in [0.15, 0.2) is 0 Å². The number of carbonyl (C=O) groups is 1. The minimum absolute atomic E-state index is 0.160. The summed E-state index contributed by atoms with van der Waals surface area (Å²) in [6.45, 7) is 1.01. The van der Waals surface area contributed by atoms with Crippen molar-refractivity contribution in [3.8, 4) is 5.75 Å². The molecule has 0 fully saturated rings. The Morgan fingerprint density at radius 1 is 1.19 bits per heavy atom. The van der Waals surface area contributed by atoms with E-state index in [0.29, 0.717) is 13.1 Å². The van der Waals surface area contributed by atoms with Crippen molar-refractivity contribution in [3.05, 3.63) is 57.3 Å². The number of amides is 1. The SMILES string of the molecule is O=C(c1nc(Cl)ccc1Cl)N1CCc2ccc(O)cc2C1. The summed E-state index contributed by atoms with van der Waals surface area (Å²) in [7, 11) is 0. The van der Waals surface area contributed by atoms with Crippen LogP contribution < -0.4 is 0 Å². The number of pyridine rings is 1. The average molecular weight is 323 g/mol. The first-order chi connectivity index (χ1) is 10.0. The first kappa shape index (κ1) is 14.2. The molecule has 1 N–H and O–H groups in total. The standard InChI is InChI=1S/C15H12Cl2N2O2/c16-12-3-4-13(17)18-14(12)15(21)19-6-5-9-1-2-11(20)7-10(9)8-19/h1-4,7,20H,5-6,8H2. The quantitative estimate of drug-likeness (QED) is 0.819. The van der Waals surface area contributed by atoms with E-state index in [-0.39, 0.29) is 27.5 Å². The number of fused-ring (bicyclic) bond motifs is 1. The normalized spacial score (nSPS) is 13.9. The van der Waals surface area contributed by atoms with E-state index in [0.717, 1.165) is 17.5 Å². The molecule has 1 aliphatic rings. The number of carbonyl (C=O) groups excluding carboxylic acids is 1. The largest absolute Gasteiger partial charge is 0.508 e. The van der Waals surface area contributed by atoms with Gasteiger partial charge in [0.1, 0.15) is 16.6 Å². The molecule has 1 aromatic heterocycles. The molecule has 2 aromatic rings. The van der Waals surface area contributed by atoms with Gasteiger partial charge in [-0.05, 0) is 41.8 Å². The number of halogens is 2. The first-order valence-corrected chi connectivity index (χ1v) is 7.22. The Morgan fingerprint density at radius 2 is 2.00 bits per heavy atom. The monoisotopic (exact) mass is 322 g/mol. The summed E-state index contributed by atoms with van der Waals surface area (Å²) in [5, 5.41) is 10.1. The first-order valence-electron chi connectivity index (χ1n) is 6.46. The molecule has 21 heavy (non-hydrogen) atoms. The Kier molecular flexibility index (Phi) is 3.74. The highest BCUT2D eigenvalue weighted by Crippen LogP contribution is 2.25. The molecular formula is C15H12Cl2N2O2. The van der Waals surface area contributed by atoms with E-state index < -0.39 is 0 Å². The van der Waals surface area contributed by atoms with Crippen molar-refractivity contribution in [3.63, 3.8) is 0 Å². The number of aromatic hydroxyl groups is 1. The van der Waals surface area contributed by atoms with Gasteiger partial charge in [-0.3, -0.25) is 4.79 Å². The predicted molar refractivity (Wildman–Crippen MR) is 80.8 cm³/mol. The van der Waals surface area contributed by atoms with E-state index in [4.69, 9.17) is 23.2 Å². The van der Waals surface area contributed by atoms with E-state index in [9.17, 15) is 9.90 Å². The molecule has 0 saturated carbocycles. The van der Waals surface area contributed by atoms with Crippen LogP contribution >= 0.6 is 23.2 Å². The van der Waals surface area contributed by atoms with Crippen molar-refractivity contribution in [2.75, 3.05) is 6.54 Å². The van der Waals surface area contributed by atoms with Crippen LogP contribution in [0.1, 0.15) is 21.6 Å². The highest BCUT2D eigenvalue weighted by atomic mass is 35.5. The highest BCUT2D eigenvalue weighted by Gasteiger charge is 2.24. The van der Waals surface area contributed by atoms with Crippen LogP contribution in [-0.2, 0) is 13.0 Å². The van der Waals surface area contributed by atoms with Gasteiger partial charge >= 0.3 is 0 Å².